The Labute approximate surface area is 182 Å². The van der Waals surface area contributed by atoms with E-state index in [1.165, 1.54) is 0 Å². The van der Waals surface area contributed by atoms with Crippen molar-refractivity contribution in [2.24, 2.45) is 0 Å². The maximum Gasteiger partial charge on any atom is 0.407 e. The van der Waals surface area contributed by atoms with Crippen molar-refractivity contribution in [2.45, 2.75) is 44.2 Å². The fraction of sp³-hybridized carbons (Fsp3) is 0.318. The summed E-state index contributed by atoms with van der Waals surface area (Å²) in [7, 11) is 0. The quantitative estimate of drug-likeness (QED) is 0.504. The van der Waals surface area contributed by atoms with Crippen LogP contribution in [0.15, 0.2) is 53.4 Å². The van der Waals surface area contributed by atoms with Crippen LogP contribution in [0.5, 0.6) is 0 Å². The third kappa shape index (κ3) is 8.16. The molecule has 2 aromatic rings. The molecule has 30 heavy (non-hydrogen) atoms. The Balaban J connectivity index is 1.75. The van der Waals surface area contributed by atoms with Crippen LogP contribution < -0.4 is 16.0 Å². The SMILES string of the molecule is CC(C)(C)OC(=O)NCCC(=O)Nc1ccc(CNC(=O)c2ccccc2S)cc1. The lowest BCUT2D eigenvalue weighted by Gasteiger charge is -2.19. The number of hydrogen-bond donors (Lipinski definition) is 4. The van der Waals surface area contributed by atoms with Gasteiger partial charge in [0, 0.05) is 30.1 Å². The summed E-state index contributed by atoms with van der Waals surface area (Å²) in [6.07, 6.45) is -0.428. The normalized spacial score (nSPS) is 10.8. The third-order valence-electron chi connectivity index (χ3n) is 3.86. The van der Waals surface area contributed by atoms with Gasteiger partial charge in [-0.1, -0.05) is 24.3 Å². The first-order chi connectivity index (χ1) is 14.1. The average Bonchev–Trinajstić information content (AvgIpc) is 2.66. The summed E-state index contributed by atoms with van der Waals surface area (Å²) >= 11 is 4.28. The van der Waals surface area contributed by atoms with E-state index in [1.807, 2.05) is 18.2 Å². The molecule has 0 spiro atoms. The second kappa shape index (κ2) is 10.7. The molecule has 0 aliphatic carbocycles. The molecule has 0 aromatic heterocycles. The number of anilines is 1. The Kier molecular flexibility index (Phi) is 8.29. The van der Waals surface area contributed by atoms with E-state index >= 15 is 0 Å². The van der Waals surface area contributed by atoms with Gasteiger partial charge in [0.15, 0.2) is 0 Å². The molecule has 2 aromatic carbocycles. The molecule has 0 radical (unpaired) electrons. The summed E-state index contributed by atoms with van der Waals surface area (Å²) in [6, 6.07) is 14.2. The minimum atomic E-state index is -0.580. The molecule has 0 unspecified atom stereocenters. The number of carbonyl (C=O) groups is 3. The van der Waals surface area contributed by atoms with E-state index in [4.69, 9.17) is 4.74 Å². The first kappa shape index (κ1) is 23.3. The van der Waals surface area contributed by atoms with Gasteiger partial charge < -0.3 is 20.7 Å². The molecule has 0 aliphatic heterocycles. The molecule has 0 atom stereocenters. The van der Waals surface area contributed by atoms with Gasteiger partial charge in [-0.3, -0.25) is 9.59 Å². The smallest absolute Gasteiger partial charge is 0.407 e. The minimum Gasteiger partial charge on any atom is -0.444 e. The van der Waals surface area contributed by atoms with Crippen molar-refractivity contribution >= 4 is 36.2 Å². The highest BCUT2D eigenvalue weighted by atomic mass is 32.1. The van der Waals surface area contributed by atoms with Crippen LogP contribution >= 0.6 is 12.6 Å². The first-order valence-electron chi connectivity index (χ1n) is 9.56. The molecule has 0 heterocycles. The number of hydrogen-bond acceptors (Lipinski definition) is 5. The van der Waals surface area contributed by atoms with E-state index in [-0.39, 0.29) is 24.8 Å². The third-order valence-corrected chi connectivity index (χ3v) is 4.25. The van der Waals surface area contributed by atoms with Crippen LogP contribution in [0.3, 0.4) is 0 Å². The average molecular weight is 430 g/mol. The Hall–Kier alpha value is -3.00. The molecule has 0 fully saturated rings. The second-order valence-corrected chi connectivity index (χ2v) is 8.11. The number of carbonyl (C=O) groups excluding carboxylic acids is 3. The summed E-state index contributed by atoms with van der Waals surface area (Å²) in [4.78, 5) is 36.4. The van der Waals surface area contributed by atoms with Crippen molar-refractivity contribution in [3.63, 3.8) is 0 Å². The van der Waals surface area contributed by atoms with Gasteiger partial charge in [-0.15, -0.1) is 12.6 Å². The van der Waals surface area contributed by atoms with Crippen LogP contribution in [0.25, 0.3) is 0 Å². The van der Waals surface area contributed by atoms with E-state index in [0.717, 1.165) is 5.56 Å². The van der Waals surface area contributed by atoms with Gasteiger partial charge >= 0.3 is 6.09 Å². The van der Waals surface area contributed by atoms with Gasteiger partial charge in [-0.25, -0.2) is 4.79 Å². The standard InChI is InChI=1S/C22H27N3O4S/c1-22(2,3)29-21(28)23-13-12-19(26)25-16-10-8-15(9-11-16)14-24-20(27)17-6-4-5-7-18(17)30/h4-11,30H,12-14H2,1-3H3,(H,23,28)(H,24,27)(H,25,26). The lowest BCUT2D eigenvalue weighted by molar-refractivity contribution is -0.116. The van der Waals surface area contributed by atoms with E-state index in [1.54, 1.807) is 51.1 Å². The van der Waals surface area contributed by atoms with E-state index < -0.39 is 11.7 Å². The topological polar surface area (TPSA) is 96.5 Å². The van der Waals surface area contributed by atoms with Crippen LogP contribution in [0.2, 0.25) is 0 Å². The molecule has 0 saturated heterocycles. The van der Waals surface area contributed by atoms with Crippen LogP contribution in [-0.4, -0.2) is 30.1 Å². The molecule has 3 N–H and O–H groups in total. The highest BCUT2D eigenvalue weighted by Gasteiger charge is 2.16. The molecule has 160 valence electrons. The largest absolute Gasteiger partial charge is 0.444 e. The summed E-state index contributed by atoms with van der Waals surface area (Å²) in [5.41, 5.74) is 1.46. The van der Waals surface area contributed by atoms with Crippen LogP contribution in [-0.2, 0) is 16.1 Å². The number of rotatable bonds is 7. The number of nitrogens with one attached hydrogen (secondary N) is 3. The van der Waals surface area contributed by atoms with Gasteiger partial charge in [-0.2, -0.15) is 0 Å². The molecular weight excluding hydrogens is 402 g/mol. The van der Waals surface area contributed by atoms with Crippen molar-refractivity contribution < 1.29 is 19.1 Å². The maximum atomic E-state index is 12.2. The second-order valence-electron chi connectivity index (χ2n) is 7.62. The number of benzene rings is 2. The number of alkyl carbamates (subject to hydrolysis) is 1. The fourth-order valence-corrected chi connectivity index (χ4v) is 2.73. The molecular formula is C22H27N3O4S. The molecule has 8 heteroatoms. The highest BCUT2D eigenvalue weighted by Crippen LogP contribution is 2.14. The molecule has 2 rings (SSSR count). The van der Waals surface area contributed by atoms with Gasteiger partial charge in [0.25, 0.3) is 5.91 Å². The van der Waals surface area contributed by atoms with E-state index in [2.05, 4.69) is 28.6 Å². The molecule has 3 amide bonds. The van der Waals surface area contributed by atoms with Crippen molar-refractivity contribution in [1.82, 2.24) is 10.6 Å². The lowest BCUT2D eigenvalue weighted by atomic mass is 10.1. The highest BCUT2D eigenvalue weighted by molar-refractivity contribution is 7.80. The fourth-order valence-electron chi connectivity index (χ4n) is 2.46. The molecule has 0 saturated carbocycles. The van der Waals surface area contributed by atoms with Crippen molar-refractivity contribution in [3.05, 3.63) is 59.7 Å². The maximum absolute atomic E-state index is 12.2. The van der Waals surface area contributed by atoms with E-state index in [0.29, 0.717) is 22.7 Å². The predicted molar refractivity (Wildman–Crippen MR) is 119 cm³/mol. The zero-order chi connectivity index (χ0) is 22.1. The number of thiol groups is 1. The number of amides is 3. The lowest BCUT2D eigenvalue weighted by Crippen LogP contribution is -2.34. The Morgan fingerprint density at radius 1 is 0.967 bits per heavy atom. The zero-order valence-corrected chi connectivity index (χ0v) is 18.2. The summed E-state index contributed by atoms with van der Waals surface area (Å²) in [5, 5.41) is 8.15. The zero-order valence-electron chi connectivity index (χ0n) is 17.3. The Morgan fingerprint density at radius 3 is 2.27 bits per heavy atom. The van der Waals surface area contributed by atoms with Crippen LogP contribution in [0, 0.1) is 0 Å². The Bertz CT molecular complexity index is 892. The monoisotopic (exact) mass is 429 g/mol. The molecule has 0 bridgehead atoms. The summed E-state index contributed by atoms with van der Waals surface area (Å²) < 4.78 is 5.11. The predicted octanol–water partition coefficient (Wildman–Crippen LogP) is 3.76. The minimum absolute atomic E-state index is 0.125. The number of ether oxygens (including phenoxy) is 1. The van der Waals surface area contributed by atoms with Gasteiger partial charge in [-0.05, 0) is 50.6 Å². The van der Waals surface area contributed by atoms with Crippen molar-refractivity contribution in [2.75, 3.05) is 11.9 Å². The Morgan fingerprint density at radius 2 is 1.63 bits per heavy atom. The van der Waals surface area contributed by atoms with Gasteiger partial charge in [0.1, 0.15) is 5.60 Å². The molecule has 0 aliphatic rings. The first-order valence-corrected chi connectivity index (χ1v) is 10.0. The van der Waals surface area contributed by atoms with Crippen molar-refractivity contribution in [1.29, 1.82) is 0 Å². The van der Waals surface area contributed by atoms with Crippen LogP contribution in [0.1, 0.15) is 43.1 Å². The van der Waals surface area contributed by atoms with E-state index in [9.17, 15) is 14.4 Å². The van der Waals surface area contributed by atoms with Crippen LogP contribution in [0.4, 0.5) is 10.5 Å². The van der Waals surface area contributed by atoms with Gasteiger partial charge in [0.2, 0.25) is 5.91 Å². The summed E-state index contributed by atoms with van der Waals surface area (Å²) in [5.74, 6) is -0.423. The van der Waals surface area contributed by atoms with Crippen molar-refractivity contribution in [3.8, 4) is 0 Å². The van der Waals surface area contributed by atoms with Gasteiger partial charge in [0.05, 0.1) is 5.56 Å². The molecule has 7 nitrogen and oxygen atoms in total. The summed E-state index contributed by atoms with van der Waals surface area (Å²) in [6.45, 7) is 5.85.